The summed E-state index contributed by atoms with van der Waals surface area (Å²) < 4.78 is 0. The van der Waals surface area contributed by atoms with Crippen LogP contribution in [0.25, 0.3) is 11.0 Å². The summed E-state index contributed by atoms with van der Waals surface area (Å²) in [4.78, 5) is 29.6. The summed E-state index contributed by atoms with van der Waals surface area (Å²) in [5.74, 6) is 0.448. The highest BCUT2D eigenvalue weighted by Crippen LogP contribution is 2.19. The molecule has 0 bridgehead atoms. The third-order valence-electron chi connectivity index (χ3n) is 3.15. The number of nitrogens with one attached hydrogen (secondary N) is 1. The van der Waals surface area contributed by atoms with Crippen molar-refractivity contribution in [2.24, 2.45) is 0 Å². The second-order valence-electron chi connectivity index (χ2n) is 4.61. The van der Waals surface area contributed by atoms with Gasteiger partial charge >= 0.3 is 0 Å². The van der Waals surface area contributed by atoms with Gasteiger partial charge in [-0.2, -0.15) is 0 Å². The molecule has 1 heterocycles. The molecule has 1 aromatic heterocycles. The van der Waals surface area contributed by atoms with E-state index in [2.05, 4.69) is 9.97 Å². The zero-order chi connectivity index (χ0) is 14.8. The van der Waals surface area contributed by atoms with Crippen LogP contribution in [0.1, 0.15) is 16.2 Å². The first-order valence-electron chi connectivity index (χ1n) is 6.35. The van der Waals surface area contributed by atoms with Crippen molar-refractivity contribution in [2.75, 3.05) is 0 Å². The second kappa shape index (κ2) is 5.16. The molecule has 6 nitrogen and oxygen atoms in total. The summed E-state index contributed by atoms with van der Waals surface area (Å²) in [5.41, 5.74) is 1.77. The van der Waals surface area contributed by atoms with Gasteiger partial charge in [0.1, 0.15) is 5.82 Å². The Bertz CT molecular complexity index is 825. The van der Waals surface area contributed by atoms with Gasteiger partial charge in [0, 0.05) is 17.7 Å². The number of aromatic nitrogens is 2. The van der Waals surface area contributed by atoms with Crippen molar-refractivity contribution < 1.29 is 9.72 Å². The first kappa shape index (κ1) is 13.0. The van der Waals surface area contributed by atoms with Crippen LogP contribution in [0, 0.1) is 10.1 Å². The van der Waals surface area contributed by atoms with Crippen molar-refractivity contribution in [3.05, 3.63) is 70.0 Å². The van der Waals surface area contributed by atoms with Gasteiger partial charge in [-0.3, -0.25) is 14.9 Å². The van der Waals surface area contributed by atoms with Crippen LogP contribution in [0.15, 0.2) is 48.5 Å². The predicted molar refractivity (Wildman–Crippen MR) is 77.2 cm³/mol. The molecular weight excluding hydrogens is 270 g/mol. The molecule has 3 aromatic rings. The van der Waals surface area contributed by atoms with Crippen molar-refractivity contribution in [3.8, 4) is 0 Å². The molecule has 3 rings (SSSR count). The molecule has 0 aliphatic heterocycles. The number of fused-ring (bicyclic) bond motifs is 1. The largest absolute Gasteiger partial charge is 0.341 e. The predicted octanol–water partition coefficient (Wildman–Crippen LogP) is 2.90. The highest BCUT2D eigenvalue weighted by Gasteiger charge is 2.12. The number of ketones is 1. The van der Waals surface area contributed by atoms with E-state index in [1.165, 1.54) is 12.1 Å². The van der Waals surface area contributed by atoms with E-state index in [-0.39, 0.29) is 17.9 Å². The standard InChI is InChI=1S/C15H11N3O3/c19-14(10-4-2-1-3-5-10)9-15-16-12-7-6-11(18(20)21)8-13(12)17-15/h1-8H,9H2,(H,16,17). The maximum atomic E-state index is 12.1. The molecule has 0 spiro atoms. The number of imidazole rings is 1. The number of benzene rings is 2. The molecule has 0 saturated carbocycles. The van der Waals surface area contributed by atoms with Crippen molar-refractivity contribution in [1.82, 2.24) is 9.97 Å². The number of rotatable bonds is 4. The molecule has 0 amide bonds. The highest BCUT2D eigenvalue weighted by molar-refractivity contribution is 5.97. The zero-order valence-corrected chi connectivity index (χ0v) is 10.9. The summed E-state index contributed by atoms with van der Waals surface area (Å²) in [7, 11) is 0. The Morgan fingerprint density at radius 1 is 1.19 bits per heavy atom. The van der Waals surface area contributed by atoms with E-state index < -0.39 is 4.92 Å². The minimum atomic E-state index is -0.463. The summed E-state index contributed by atoms with van der Waals surface area (Å²) >= 11 is 0. The molecule has 0 saturated heterocycles. The molecular formula is C15H11N3O3. The SMILES string of the molecule is O=C(Cc1nc2ccc([N+](=O)[O-])cc2[nH]1)c1ccccc1. The van der Waals surface area contributed by atoms with Crippen LogP contribution in [-0.4, -0.2) is 20.7 Å². The lowest BCUT2D eigenvalue weighted by atomic mass is 10.1. The summed E-state index contributed by atoms with van der Waals surface area (Å²) in [6.45, 7) is 0. The number of H-pyrrole nitrogens is 1. The second-order valence-corrected chi connectivity index (χ2v) is 4.61. The number of carbonyl (C=O) groups excluding carboxylic acids is 1. The summed E-state index contributed by atoms with van der Waals surface area (Å²) in [6.07, 6.45) is 0.131. The van der Waals surface area contributed by atoms with Crippen LogP contribution in [-0.2, 0) is 6.42 Å². The number of nitro benzene ring substituents is 1. The Balaban J connectivity index is 1.88. The number of hydrogen-bond donors (Lipinski definition) is 1. The molecule has 0 aliphatic carbocycles. The van der Waals surface area contributed by atoms with Crippen LogP contribution in [0.2, 0.25) is 0 Å². The highest BCUT2D eigenvalue weighted by atomic mass is 16.6. The van der Waals surface area contributed by atoms with Gasteiger partial charge in [0.25, 0.3) is 5.69 Å². The van der Waals surface area contributed by atoms with Crippen LogP contribution >= 0.6 is 0 Å². The zero-order valence-electron chi connectivity index (χ0n) is 10.9. The van der Waals surface area contributed by atoms with Crippen LogP contribution < -0.4 is 0 Å². The third-order valence-corrected chi connectivity index (χ3v) is 3.15. The fraction of sp³-hybridized carbons (Fsp3) is 0.0667. The van der Waals surface area contributed by atoms with E-state index in [1.54, 1.807) is 30.3 Å². The Morgan fingerprint density at radius 3 is 2.67 bits per heavy atom. The number of carbonyl (C=O) groups is 1. The van der Waals surface area contributed by atoms with Gasteiger partial charge in [0.2, 0.25) is 0 Å². The molecule has 0 aliphatic rings. The van der Waals surface area contributed by atoms with Gasteiger partial charge in [0.05, 0.1) is 22.4 Å². The van der Waals surface area contributed by atoms with Crippen molar-refractivity contribution >= 4 is 22.5 Å². The topological polar surface area (TPSA) is 88.9 Å². The Kier molecular flexibility index (Phi) is 3.19. The minimum Gasteiger partial charge on any atom is -0.341 e. The van der Waals surface area contributed by atoms with Crippen molar-refractivity contribution in [3.63, 3.8) is 0 Å². The van der Waals surface area contributed by atoms with Gasteiger partial charge in [-0.05, 0) is 6.07 Å². The normalized spacial score (nSPS) is 10.7. The van der Waals surface area contributed by atoms with Gasteiger partial charge < -0.3 is 4.98 Å². The molecule has 104 valence electrons. The van der Waals surface area contributed by atoms with Gasteiger partial charge in [-0.1, -0.05) is 30.3 Å². The Hall–Kier alpha value is -3.02. The molecule has 0 unspecified atom stereocenters. The van der Waals surface area contributed by atoms with Gasteiger partial charge in [0.15, 0.2) is 5.78 Å². The monoisotopic (exact) mass is 281 g/mol. The van der Waals surface area contributed by atoms with Gasteiger partial charge in [-0.25, -0.2) is 4.98 Å². The number of hydrogen-bond acceptors (Lipinski definition) is 4. The Morgan fingerprint density at radius 2 is 1.95 bits per heavy atom. The number of Topliss-reactive ketones (excluding diaryl/α,β-unsaturated/α-hetero) is 1. The number of aromatic amines is 1. The first-order valence-corrected chi connectivity index (χ1v) is 6.35. The van der Waals surface area contributed by atoms with Crippen LogP contribution in [0.3, 0.4) is 0 Å². The van der Waals surface area contributed by atoms with Crippen molar-refractivity contribution in [2.45, 2.75) is 6.42 Å². The van der Waals surface area contributed by atoms with E-state index >= 15 is 0 Å². The maximum absolute atomic E-state index is 12.1. The third kappa shape index (κ3) is 2.64. The smallest absolute Gasteiger partial charge is 0.271 e. The fourth-order valence-electron chi connectivity index (χ4n) is 2.13. The molecule has 1 N–H and O–H groups in total. The van der Waals surface area contributed by atoms with Crippen molar-refractivity contribution in [1.29, 1.82) is 0 Å². The van der Waals surface area contributed by atoms with Crippen LogP contribution in [0.5, 0.6) is 0 Å². The molecule has 0 fully saturated rings. The average Bonchev–Trinajstić information content (AvgIpc) is 2.89. The minimum absolute atomic E-state index is 0.00733. The molecule has 0 radical (unpaired) electrons. The quantitative estimate of drug-likeness (QED) is 0.452. The molecule has 21 heavy (non-hydrogen) atoms. The number of nitro groups is 1. The molecule has 2 aromatic carbocycles. The fourth-order valence-corrected chi connectivity index (χ4v) is 2.13. The van der Waals surface area contributed by atoms with E-state index in [9.17, 15) is 14.9 Å². The first-order chi connectivity index (χ1) is 10.1. The van der Waals surface area contributed by atoms with E-state index in [0.29, 0.717) is 22.4 Å². The van der Waals surface area contributed by atoms with E-state index in [1.807, 2.05) is 6.07 Å². The lowest BCUT2D eigenvalue weighted by Crippen LogP contribution is -2.04. The number of nitrogens with zero attached hydrogens (tertiary/aromatic N) is 2. The summed E-state index contributed by atoms with van der Waals surface area (Å²) in [6, 6.07) is 13.3. The lowest BCUT2D eigenvalue weighted by Gasteiger charge is -1.97. The van der Waals surface area contributed by atoms with E-state index in [0.717, 1.165) is 0 Å². The molecule has 0 atom stereocenters. The summed E-state index contributed by atoms with van der Waals surface area (Å²) in [5, 5.41) is 10.7. The molecule has 6 heteroatoms. The Labute approximate surface area is 119 Å². The van der Waals surface area contributed by atoms with E-state index in [4.69, 9.17) is 0 Å². The maximum Gasteiger partial charge on any atom is 0.271 e. The lowest BCUT2D eigenvalue weighted by molar-refractivity contribution is -0.384. The van der Waals surface area contributed by atoms with Crippen LogP contribution in [0.4, 0.5) is 5.69 Å². The van der Waals surface area contributed by atoms with Gasteiger partial charge in [-0.15, -0.1) is 0 Å². The average molecular weight is 281 g/mol. The number of non-ortho nitro benzene ring substituents is 1.